The van der Waals surface area contributed by atoms with E-state index < -0.39 is 18.8 Å². The van der Waals surface area contributed by atoms with Crippen LogP contribution in [0.25, 0.3) is 0 Å². The zero-order chi connectivity index (χ0) is 26.3. The van der Waals surface area contributed by atoms with Crippen LogP contribution in [0, 0.1) is 5.92 Å². The first-order chi connectivity index (χ1) is 17.8. The van der Waals surface area contributed by atoms with E-state index in [4.69, 9.17) is 0 Å². The Morgan fingerprint density at radius 3 is 3.00 bits per heavy atom. The van der Waals surface area contributed by atoms with E-state index in [-0.39, 0.29) is 18.4 Å². The Morgan fingerprint density at radius 2 is 2.24 bits per heavy atom. The number of amides is 1. The summed E-state index contributed by atoms with van der Waals surface area (Å²) in [4.78, 5) is 19.3. The Labute approximate surface area is 213 Å². The zero-order valence-electron chi connectivity index (χ0n) is 20.2. The average Bonchev–Trinajstić information content (AvgIpc) is 3.74. The van der Waals surface area contributed by atoms with Crippen molar-refractivity contribution in [3.63, 3.8) is 0 Å². The zero-order valence-corrected chi connectivity index (χ0v) is 20.2. The van der Waals surface area contributed by atoms with Crippen LogP contribution in [0.1, 0.15) is 19.3 Å². The summed E-state index contributed by atoms with van der Waals surface area (Å²) in [6.45, 7) is 3.24. The number of halogens is 3. The third-order valence-electron chi connectivity index (χ3n) is 6.00. The fourth-order valence-electron chi connectivity index (χ4n) is 4.02. The summed E-state index contributed by atoms with van der Waals surface area (Å²) in [5.74, 6) is 0.259. The molecule has 2 aliphatic carbocycles. The van der Waals surface area contributed by atoms with Crippen molar-refractivity contribution in [3.05, 3.63) is 72.2 Å². The minimum absolute atomic E-state index is 0.137. The van der Waals surface area contributed by atoms with Gasteiger partial charge in [0.15, 0.2) is 18.8 Å². The van der Waals surface area contributed by atoms with E-state index in [2.05, 4.69) is 42.0 Å². The Hall–Kier alpha value is -3.89. The largest absolute Gasteiger partial charge is 0.474 e. The van der Waals surface area contributed by atoms with Crippen LogP contribution in [-0.2, 0) is 9.53 Å². The van der Waals surface area contributed by atoms with Gasteiger partial charge in [-0.2, -0.15) is 18.3 Å². The average molecular weight is 515 g/mol. The molecule has 0 aromatic carbocycles. The summed E-state index contributed by atoms with van der Waals surface area (Å²) in [6.07, 6.45) is 15.6. The van der Waals surface area contributed by atoms with Crippen LogP contribution in [0.5, 0.6) is 0 Å². The second-order valence-corrected chi connectivity index (χ2v) is 8.90. The number of amidine groups is 1. The molecule has 1 amide bonds. The molecule has 37 heavy (non-hydrogen) atoms. The molecule has 2 aliphatic heterocycles. The van der Waals surface area contributed by atoms with Gasteiger partial charge in [0.25, 0.3) is 5.91 Å². The van der Waals surface area contributed by atoms with Crippen LogP contribution in [0.3, 0.4) is 0 Å². The van der Waals surface area contributed by atoms with Gasteiger partial charge in [0.1, 0.15) is 6.04 Å². The minimum atomic E-state index is -4.42. The van der Waals surface area contributed by atoms with Gasteiger partial charge in [-0.05, 0) is 42.8 Å². The van der Waals surface area contributed by atoms with Gasteiger partial charge >= 0.3 is 6.18 Å². The SMILES string of the molecule is C=CC(CN=COCC(F)(F)F)C1=CC(C(=O)NC2=CC(C3=NN=CCN3C3CC3)=CC=CC2)NC=C1. The standard InChI is InChI=1S/C26H29F3N6O2/c1-2-18(15-30-17-37-16-26(27,28)29)19-9-10-31-23(14-19)25(36)33-21-6-4-3-5-20(13-21)24-34-32-11-12-35(24)22-7-8-22/h2-5,9-11,13-14,17-18,22-23,31H,1,6-8,12,15-16H2,(H,33,36). The van der Waals surface area contributed by atoms with Crippen molar-refractivity contribution in [1.82, 2.24) is 15.5 Å². The normalized spacial score (nSPS) is 22.4. The maximum atomic E-state index is 13.1. The first kappa shape index (κ1) is 26.2. The fraction of sp³-hybridized carbons (Fsp3) is 0.385. The highest BCUT2D eigenvalue weighted by Gasteiger charge is 2.33. The predicted octanol–water partition coefficient (Wildman–Crippen LogP) is 3.56. The lowest BCUT2D eigenvalue weighted by molar-refractivity contribution is -0.155. The topological polar surface area (TPSA) is 90.7 Å². The van der Waals surface area contributed by atoms with Crippen LogP contribution in [0.4, 0.5) is 13.2 Å². The molecule has 0 aromatic heterocycles. The van der Waals surface area contributed by atoms with Gasteiger partial charge in [-0.1, -0.05) is 24.3 Å². The van der Waals surface area contributed by atoms with Gasteiger partial charge in [-0.3, -0.25) is 9.79 Å². The number of rotatable bonds is 10. The molecular weight excluding hydrogens is 485 g/mol. The number of allylic oxidation sites excluding steroid dienone is 4. The van der Waals surface area contributed by atoms with Gasteiger partial charge in [0.2, 0.25) is 0 Å². The Kier molecular flexibility index (Phi) is 8.42. The van der Waals surface area contributed by atoms with Gasteiger partial charge < -0.3 is 20.3 Å². The molecule has 4 aliphatic rings. The highest BCUT2D eigenvalue weighted by molar-refractivity contribution is 6.03. The molecule has 2 unspecified atom stereocenters. The van der Waals surface area contributed by atoms with Crippen molar-refractivity contribution >= 4 is 24.4 Å². The highest BCUT2D eigenvalue weighted by Crippen LogP contribution is 2.30. The van der Waals surface area contributed by atoms with E-state index in [1.807, 2.05) is 24.3 Å². The smallest absolute Gasteiger partial charge is 0.422 e. The lowest BCUT2D eigenvalue weighted by atomic mass is 9.95. The van der Waals surface area contributed by atoms with Crippen molar-refractivity contribution in [2.75, 3.05) is 19.7 Å². The number of alkyl halides is 3. The number of aliphatic imine (C=N–C) groups is 1. The van der Waals surface area contributed by atoms with Crippen molar-refractivity contribution in [1.29, 1.82) is 0 Å². The lowest BCUT2D eigenvalue weighted by Gasteiger charge is -2.26. The second kappa shape index (κ2) is 11.9. The first-order valence-corrected chi connectivity index (χ1v) is 12.0. The first-order valence-electron chi connectivity index (χ1n) is 12.0. The van der Waals surface area contributed by atoms with Crippen molar-refractivity contribution in [2.24, 2.45) is 21.1 Å². The van der Waals surface area contributed by atoms with Gasteiger partial charge in [-0.25, -0.2) is 0 Å². The fourth-order valence-corrected chi connectivity index (χ4v) is 4.02. The summed E-state index contributed by atoms with van der Waals surface area (Å²) in [5.41, 5.74) is 2.39. The number of carbonyl (C=O) groups is 1. The molecule has 2 N–H and O–H groups in total. The van der Waals surface area contributed by atoms with Gasteiger partial charge in [0.05, 0.1) is 13.1 Å². The number of nitrogens with one attached hydrogen (secondary N) is 2. The van der Waals surface area contributed by atoms with Crippen LogP contribution in [0.15, 0.2) is 87.3 Å². The van der Waals surface area contributed by atoms with Crippen LogP contribution < -0.4 is 10.6 Å². The molecule has 4 rings (SSSR count). The number of nitrogens with zero attached hydrogens (tertiary/aromatic N) is 4. The van der Waals surface area contributed by atoms with E-state index in [1.165, 1.54) is 0 Å². The number of carbonyl (C=O) groups excluding carboxylic acids is 1. The molecule has 0 spiro atoms. The molecule has 8 nitrogen and oxygen atoms in total. The lowest BCUT2D eigenvalue weighted by Crippen LogP contribution is -2.42. The van der Waals surface area contributed by atoms with E-state index in [0.29, 0.717) is 12.5 Å². The van der Waals surface area contributed by atoms with Gasteiger partial charge in [-0.15, -0.1) is 11.7 Å². The maximum Gasteiger partial charge on any atom is 0.422 e. The number of hydrogen-bond donors (Lipinski definition) is 2. The van der Waals surface area contributed by atoms with Crippen molar-refractivity contribution < 1.29 is 22.7 Å². The predicted molar refractivity (Wildman–Crippen MR) is 137 cm³/mol. The summed E-state index contributed by atoms with van der Waals surface area (Å²) in [5, 5.41) is 14.5. The van der Waals surface area contributed by atoms with E-state index >= 15 is 0 Å². The number of dihydropyridines is 1. The molecule has 0 saturated heterocycles. The Balaban J connectivity index is 1.39. The quantitative estimate of drug-likeness (QED) is 0.265. The van der Waals surface area contributed by atoms with E-state index in [0.717, 1.165) is 48.5 Å². The Bertz CT molecular complexity index is 1130. The summed E-state index contributed by atoms with van der Waals surface area (Å²) in [7, 11) is 0. The molecule has 0 aromatic rings. The summed E-state index contributed by atoms with van der Waals surface area (Å²) >= 11 is 0. The molecule has 2 heterocycles. The van der Waals surface area contributed by atoms with E-state index in [1.54, 1.807) is 30.6 Å². The van der Waals surface area contributed by atoms with E-state index in [9.17, 15) is 18.0 Å². The van der Waals surface area contributed by atoms with Crippen LogP contribution in [0.2, 0.25) is 0 Å². The summed E-state index contributed by atoms with van der Waals surface area (Å²) in [6, 6.07) is -0.168. The molecule has 0 bridgehead atoms. The monoisotopic (exact) mass is 514 g/mol. The van der Waals surface area contributed by atoms with Gasteiger partial charge in [0, 0.05) is 35.9 Å². The third kappa shape index (κ3) is 7.55. The Morgan fingerprint density at radius 1 is 1.41 bits per heavy atom. The maximum absolute atomic E-state index is 13.1. The molecule has 2 atom stereocenters. The number of hydrogen-bond acceptors (Lipinski definition) is 7. The molecule has 0 radical (unpaired) electrons. The third-order valence-corrected chi connectivity index (χ3v) is 6.00. The molecule has 1 fully saturated rings. The number of ether oxygens (including phenoxy) is 1. The minimum Gasteiger partial charge on any atom is -0.474 e. The second-order valence-electron chi connectivity index (χ2n) is 8.90. The van der Waals surface area contributed by atoms with Crippen molar-refractivity contribution in [2.45, 2.75) is 37.5 Å². The highest BCUT2D eigenvalue weighted by atomic mass is 19.4. The molecule has 11 heteroatoms. The molecular formula is C26H29F3N6O2. The van der Waals surface area contributed by atoms with Crippen molar-refractivity contribution in [3.8, 4) is 0 Å². The van der Waals surface area contributed by atoms with Crippen LogP contribution in [-0.4, -0.2) is 67.2 Å². The summed E-state index contributed by atoms with van der Waals surface area (Å²) < 4.78 is 41.0. The van der Waals surface area contributed by atoms with Crippen LogP contribution >= 0.6 is 0 Å². The molecule has 1 saturated carbocycles. The molecule has 196 valence electrons.